The second kappa shape index (κ2) is 8.67. The molecule has 1 fully saturated rings. The summed E-state index contributed by atoms with van der Waals surface area (Å²) < 4.78 is 0. The van der Waals surface area contributed by atoms with Gasteiger partial charge in [0, 0.05) is 36.6 Å². The molecule has 4 nitrogen and oxygen atoms in total. The number of nitrogens with one attached hydrogen (secondary N) is 1. The van der Waals surface area contributed by atoms with Gasteiger partial charge in [-0.3, -0.25) is 9.69 Å². The van der Waals surface area contributed by atoms with Gasteiger partial charge in [-0.2, -0.15) is 0 Å². The van der Waals surface area contributed by atoms with Crippen LogP contribution in [0.5, 0.6) is 0 Å². The zero-order valence-electron chi connectivity index (χ0n) is 16.1. The lowest BCUT2D eigenvalue weighted by Crippen LogP contribution is -2.37. The average Bonchev–Trinajstić information content (AvgIpc) is 3.33. The van der Waals surface area contributed by atoms with Crippen molar-refractivity contribution in [1.29, 1.82) is 0 Å². The summed E-state index contributed by atoms with van der Waals surface area (Å²) >= 11 is 1.60. The van der Waals surface area contributed by atoms with Gasteiger partial charge in [-0.25, -0.2) is 4.98 Å². The average molecular weight is 392 g/mol. The van der Waals surface area contributed by atoms with Gasteiger partial charge in [0.2, 0.25) is 5.91 Å². The van der Waals surface area contributed by atoms with Crippen molar-refractivity contribution in [1.82, 2.24) is 15.2 Å². The fraction of sp³-hybridized carbons (Fsp3) is 0.304. The SMILES string of the molecule is Cc1ccc(-c2nc(CC(=O)N[C@@H]3CCN(Cc4ccccc4)C3)cs2)cc1. The number of nitrogens with zero attached hydrogens (tertiary/aromatic N) is 2. The van der Waals surface area contributed by atoms with E-state index in [4.69, 9.17) is 0 Å². The van der Waals surface area contributed by atoms with Crippen LogP contribution in [-0.4, -0.2) is 34.9 Å². The number of hydrogen-bond acceptors (Lipinski definition) is 4. The molecular formula is C23H25N3OS. The summed E-state index contributed by atoms with van der Waals surface area (Å²) in [5.74, 6) is 0.0623. The Morgan fingerprint density at radius 1 is 1.18 bits per heavy atom. The summed E-state index contributed by atoms with van der Waals surface area (Å²) in [5.41, 5.74) is 4.50. The number of carbonyl (C=O) groups excluding carboxylic acids is 1. The second-order valence-electron chi connectivity index (χ2n) is 7.46. The van der Waals surface area contributed by atoms with Crippen molar-refractivity contribution in [3.05, 3.63) is 76.8 Å². The molecule has 0 saturated carbocycles. The van der Waals surface area contributed by atoms with Crippen LogP contribution in [0.25, 0.3) is 10.6 Å². The Morgan fingerprint density at radius 2 is 1.96 bits per heavy atom. The highest BCUT2D eigenvalue weighted by atomic mass is 32.1. The van der Waals surface area contributed by atoms with Crippen LogP contribution in [0.3, 0.4) is 0 Å². The lowest BCUT2D eigenvalue weighted by atomic mass is 10.2. The monoisotopic (exact) mass is 391 g/mol. The number of likely N-dealkylation sites (tertiary alicyclic amines) is 1. The third kappa shape index (κ3) is 4.86. The molecule has 1 aliphatic heterocycles. The number of carbonyl (C=O) groups is 1. The molecule has 0 spiro atoms. The van der Waals surface area contributed by atoms with Crippen molar-refractivity contribution in [2.75, 3.05) is 13.1 Å². The zero-order valence-corrected chi connectivity index (χ0v) is 16.9. The van der Waals surface area contributed by atoms with E-state index < -0.39 is 0 Å². The third-order valence-corrected chi connectivity index (χ3v) is 6.02. The number of aryl methyl sites for hydroxylation is 1. The Balaban J connectivity index is 1.27. The van der Waals surface area contributed by atoms with Crippen LogP contribution >= 0.6 is 11.3 Å². The van der Waals surface area contributed by atoms with Gasteiger partial charge in [-0.1, -0.05) is 60.2 Å². The fourth-order valence-corrected chi connectivity index (χ4v) is 4.42. The number of benzene rings is 2. The Morgan fingerprint density at radius 3 is 2.75 bits per heavy atom. The third-order valence-electron chi connectivity index (χ3n) is 5.08. The van der Waals surface area contributed by atoms with Crippen molar-refractivity contribution in [2.45, 2.75) is 32.4 Å². The predicted octanol–water partition coefficient (Wildman–Crippen LogP) is 4.05. The van der Waals surface area contributed by atoms with E-state index in [9.17, 15) is 4.79 Å². The second-order valence-corrected chi connectivity index (χ2v) is 8.32. The first-order valence-corrected chi connectivity index (χ1v) is 10.6. The Hall–Kier alpha value is -2.50. The minimum atomic E-state index is 0.0623. The van der Waals surface area contributed by atoms with E-state index in [1.165, 1.54) is 11.1 Å². The molecule has 1 aromatic heterocycles. The van der Waals surface area contributed by atoms with Gasteiger partial charge >= 0.3 is 0 Å². The molecule has 0 unspecified atom stereocenters. The maximum absolute atomic E-state index is 12.5. The molecule has 1 aliphatic rings. The molecule has 2 heterocycles. The minimum Gasteiger partial charge on any atom is -0.352 e. The van der Waals surface area contributed by atoms with Gasteiger partial charge in [-0.05, 0) is 18.9 Å². The highest BCUT2D eigenvalue weighted by Crippen LogP contribution is 2.24. The maximum atomic E-state index is 12.5. The molecule has 1 amide bonds. The number of thiazole rings is 1. The topological polar surface area (TPSA) is 45.2 Å². The summed E-state index contributed by atoms with van der Waals surface area (Å²) in [5, 5.41) is 6.14. The predicted molar refractivity (Wildman–Crippen MR) is 114 cm³/mol. The molecule has 1 N–H and O–H groups in total. The highest BCUT2D eigenvalue weighted by molar-refractivity contribution is 7.13. The quantitative estimate of drug-likeness (QED) is 0.689. The van der Waals surface area contributed by atoms with Crippen molar-refractivity contribution in [3.8, 4) is 10.6 Å². The highest BCUT2D eigenvalue weighted by Gasteiger charge is 2.24. The summed E-state index contributed by atoms with van der Waals surface area (Å²) in [7, 11) is 0. The largest absolute Gasteiger partial charge is 0.352 e. The lowest BCUT2D eigenvalue weighted by Gasteiger charge is -2.16. The molecule has 5 heteroatoms. The zero-order chi connectivity index (χ0) is 19.3. The van der Waals surface area contributed by atoms with E-state index in [-0.39, 0.29) is 11.9 Å². The van der Waals surface area contributed by atoms with Crippen molar-refractivity contribution in [2.24, 2.45) is 0 Å². The Bertz CT molecular complexity index is 921. The van der Waals surface area contributed by atoms with Gasteiger partial charge in [0.05, 0.1) is 12.1 Å². The number of amides is 1. The summed E-state index contributed by atoms with van der Waals surface area (Å²) in [6, 6.07) is 19.1. The van der Waals surface area contributed by atoms with Gasteiger partial charge in [0.15, 0.2) is 0 Å². The van der Waals surface area contributed by atoms with E-state index in [1.807, 2.05) is 11.4 Å². The molecule has 0 aliphatic carbocycles. The molecule has 0 bridgehead atoms. The standard InChI is InChI=1S/C23H25N3OS/c1-17-7-9-19(10-8-17)23-25-21(16-28-23)13-22(27)24-20-11-12-26(15-20)14-18-5-3-2-4-6-18/h2-10,16,20H,11-15H2,1H3,(H,24,27)/t20-/m1/s1. The van der Waals surface area contributed by atoms with Crippen molar-refractivity contribution >= 4 is 17.2 Å². The van der Waals surface area contributed by atoms with Crippen LogP contribution < -0.4 is 5.32 Å². The molecule has 1 atom stereocenters. The van der Waals surface area contributed by atoms with Gasteiger partial charge < -0.3 is 5.32 Å². The molecule has 0 radical (unpaired) electrons. The molecule has 3 aromatic rings. The van der Waals surface area contributed by atoms with Crippen LogP contribution in [0.2, 0.25) is 0 Å². The smallest absolute Gasteiger partial charge is 0.226 e. The van der Waals surface area contributed by atoms with Gasteiger partial charge in [-0.15, -0.1) is 11.3 Å². The molecule has 144 valence electrons. The first kappa shape index (κ1) is 18.8. The number of rotatable bonds is 6. The minimum absolute atomic E-state index is 0.0623. The lowest BCUT2D eigenvalue weighted by molar-refractivity contribution is -0.121. The molecule has 4 rings (SSSR count). The van der Waals surface area contributed by atoms with E-state index in [0.717, 1.165) is 42.3 Å². The first-order valence-electron chi connectivity index (χ1n) is 9.73. The first-order chi connectivity index (χ1) is 13.7. The van der Waals surface area contributed by atoms with Gasteiger partial charge in [0.25, 0.3) is 0 Å². The fourth-order valence-electron chi connectivity index (χ4n) is 3.60. The Kier molecular flexibility index (Phi) is 5.84. The van der Waals surface area contributed by atoms with Crippen molar-refractivity contribution < 1.29 is 4.79 Å². The Labute approximate surface area is 170 Å². The van der Waals surface area contributed by atoms with E-state index in [1.54, 1.807) is 11.3 Å². The molecule has 1 saturated heterocycles. The maximum Gasteiger partial charge on any atom is 0.226 e. The van der Waals surface area contributed by atoms with Crippen LogP contribution in [0, 0.1) is 6.92 Å². The van der Waals surface area contributed by atoms with E-state index >= 15 is 0 Å². The summed E-state index contributed by atoms with van der Waals surface area (Å²) in [6.45, 7) is 4.95. The van der Waals surface area contributed by atoms with Crippen LogP contribution in [0.4, 0.5) is 0 Å². The van der Waals surface area contributed by atoms with Gasteiger partial charge in [0.1, 0.15) is 5.01 Å². The normalized spacial score (nSPS) is 17.0. The number of hydrogen-bond donors (Lipinski definition) is 1. The van der Waals surface area contributed by atoms with Crippen LogP contribution in [0.1, 0.15) is 23.2 Å². The molecule has 28 heavy (non-hydrogen) atoms. The number of aromatic nitrogens is 1. The molecular weight excluding hydrogens is 366 g/mol. The van der Waals surface area contributed by atoms with Crippen LogP contribution in [-0.2, 0) is 17.8 Å². The van der Waals surface area contributed by atoms with E-state index in [2.05, 4.69) is 70.7 Å². The van der Waals surface area contributed by atoms with Crippen molar-refractivity contribution in [3.63, 3.8) is 0 Å². The summed E-state index contributed by atoms with van der Waals surface area (Å²) in [6.07, 6.45) is 1.35. The summed E-state index contributed by atoms with van der Waals surface area (Å²) in [4.78, 5) is 19.5. The van der Waals surface area contributed by atoms with E-state index in [0.29, 0.717) is 6.42 Å². The molecule has 2 aromatic carbocycles. The van der Waals surface area contributed by atoms with Crippen LogP contribution in [0.15, 0.2) is 60.0 Å².